The van der Waals surface area contributed by atoms with Crippen LogP contribution in [-0.4, -0.2) is 33.1 Å². The summed E-state index contributed by atoms with van der Waals surface area (Å²) in [6, 6.07) is 11.4. The van der Waals surface area contributed by atoms with Gasteiger partial charge in [-0.15, -0.1) is 0 Å². The van der Waals surface area contributed by atoms with E-state index in [1.807, 2.05) is 0 Å². The van der Waals surface area contributed by atoms with Crippen LogP contribution in [0.3, 0.4) is 0 Å². The van der Waals surface area contributed by atoms with Crippen molar-refractivity contribution in [2.24, 2.45) is 0 Å². The molecule has 0 saturated heterocycles. The van der Waals surface area contributed by atoms with Crippen molar-refractivity contribution in [1.82, 2.24) is 10.9 Å². The SMILES string of the molecule is CS(=O)(=O)c1ccc(OCCCC(=O)NNC(=O)c2ccccc2F)cc1. The van der Waals surface area contributed by atoms with E-state index >= 15 is 0 Å². The Morgan fingerprint density at radius 2 is 1.70 bits per heavy atom. The van der Waals surface area contributed by atoms with Crippen molar-refractivity contribution in [3.63, 3.8) is 0 Å². The maximum absolute atomic E-state index is 13.4. The summed E-state index contributed by atoms with van der Waals surface area (Å²) in [6.07, 6.45) is 1.57. The highest BCUT2D eigenvalue weighted by molar-refractivity contribution is 7.90. The Kier molecular flexibility index (Phi) is 6.89. The first-order chi connectivity index (χ1) is 12.8. The molecule has 0 unspecified atom stereocenters. The zero-order chi connectivity index (χ0) is 19.9. The Morgan fingerprint density at radius 1 is 1.04 bits per heavy atom. The van der Waals surface area contributed by atoms with Gasteiger partial charge in [0.1, 0.15) is 11.6 Å². The lowest BCUT2D eigenvalue weighted by Gasteiger charge is -2.09. The normalized spacial score (nSPS) is 10.9. The average molecular weight is 394 g/mol. The summed E-state index contributed by atoms with van der Waals surface area (Å²) in [5.41, 5.74) is 4.18. The van der Waals surface area contributed by atoms with E-state index in [0.717, 1.165) is 12.3 Å². The Hall–Kier alpha value is -2.94. The number of hydrogen-bond donors (Lipinski definition) is 2. The third-order valence-electron chi connectivity index (χ3n) is 3.50. The van der Waals surface area contributed by atoms with Gasteiger partial charge in [0.2, 0.25) is 5.91 Å². The van der Waals surface area contributed by atoms with E-state index in [1.54, 1.807) is 0 Å². The molecular formula is C18H19FN2O5S. The lowest BCUT2D eigenvalue weighted by atomic mass is 10.2. The first-order valence-electron chi connectivity index (χ1n) is 8.04. The smallest absolute Gasteiger partial charge is 0.272 e. The van der Waals surface area contributed by atoms with Crippen LogP contribution in [0.2, 0.25) is 0 Å². The second-order valence-corrected chi connectivity index (χ2v) is 7.69. The van der Waals surface area contributed by atoms with Crippen molar-refractivity contribution in [1.29, 1.82) is 0 Å². The van der Waals surface area contributed by atoms with Gasteiger partial charge in [-0.3, -0.25) is 20.4 Å². The van der Waals surface area contributed by atoms with Gasteiger partial charge >= 0.3 is 0 Å². The number of nitrogens with one attached hydrogen (secondary N) is 2. The molecule has 2 aromatic rings. The third-order valence-corrected chi connectivity index (χ3v) is 4.63. The second-order valence-electron chi connectivity index (χ2n) is 5.68. The Balaban J connectivity index is 1.69. The van der Waals surface area contributed by atoms with Crippen LogP contribution in [0.1, 0.15) is 23.2 Å². The van der Waals surface area contributed by atoms with E-state index in [-0.39, 0.29) is 23.5 Å². The maximum Gasteiger partial charge on any atom is 0.272 e. The van der Waals surface area contributed by atoms with Crippen molar-refractivity contribution < 1.29 is 27.1 Å². The molecule has 0 heterocycles. The molecule has 0 saturated carbocycles. The maximum atomic E-state index is 13.4. The third kappa shape index (κ3) is 6.37. The van der Waals surface area contributed by atoms with Crippen molar-refractivity contribution >= 4 is 21.7 Å². The van der Waals surface area contributed by atoms with Gasteiger partial charge in [-0.1, -0.05) is 12.1 Å². The van der Waals surface area contributed by atoms with Gasteiger partial charge in [0, 0.05) is 12.7 Å². The number of hydrogen-bond acceptors (Lipinski definition) is 5. The molecule has 2 N–H and O–H groups in total. The lowest BCUT2D eigenvalue weighted by molar-refractivity contribution is -0.122. The van der Waals surface area contributed by atoms with Gasteiger partial charge in [-0.05, 0) is 42.8 Å². The number of carbonyl (C=O) groups excluding carboxylic acids is 2. The van der Waals surface area contributed by atoms with Gasteiger partial charge in [0.15, 0.2) is 9.84 Å². The molecule has 0 spiro atoms. The first-order valence-corrected chi connectivity index (χ1v) is 9.93. The van der Waals surface area contributed by atoms with Crippen LogP contribution in [0.15, 0.2) is 53.4 Å². The molecule has 9 heteroatoms. The molecule has 7 nitrogen and oxygen atoms in total. The molecular weight excluding hydrogens is 375 g/mol. The predicted molar refractivity (Wildman–Crippen MR) is 96.3 cm³/mol. The molecule has 144 valence electrons. The number of benzene rings is 2. The molecule has 0 atom stereocenters. The fraction of sp³-hybridized carbons (Fsp3) is 0.222. The Labute approximate surface area is 156 Å². The molecule has 0 aliphatic carbocycles. The van der Waals surface area contributed by atoms with Crippen LogP contribution < -0.4 is 15.6 Å². The predicted octanol–water partition coefficient (Wildman–Crippen LogP) is 1.85. The molecule has 2 rings (SSSR count). The monoisotopic (exact) mass is 394 g/mol. The van der Waals surface area contributed by atoms with Gasteiger partial charge in [0.05, 0.1) is 17.1 Å². The fourth-order valence-electron chi connectivity index (χ4n) is 2.11. The summed E-state index contributed by atoms with van der Waals surface area (Å²) < 4.78 is 41.6. The molecule has 2 amide bonds. The van der Waals surface area contributed by atoms with Crippen molar-refractivity contribution in [2.45, 2.75) is 17.7 Å². The summed E-state index contributed by atoms with van der Waals surface area (Å²) in [7, 11) is -3.26. The highest BCUT2D eigenvalue weighted by Gasteiger charge is 2.11. The second kappa shape index (κ2) is 9.13. The fourth-order valence-corrected chi connectivity index (χ4v) is 2.74. The van der Waals surface area contributed by atoms with E-state index in [0.29, 0.717) is 12.2 Å². The summed E-state index contributed by atoms with van der Waals surface area (Å²) in [5, 5.41) is 0. The van der Waals surface area contributed by atoms with E-state index in [2.05, 4.69) is 10.9 Å². The summed E-state index contributed by atoms with van der Waals surface area (Å²) in [6.45, 7) is 0.229. The minimum atomic E-state index is -3.26. The zero-order valence-corrected chi connectivity index (χ0v) is 15.4. The average Bonchev–Trinajstić information content (AvgIpc) is 2.63. The molecule has 0 aromatic heterocycles. The van der Waals surface area contributed by atoms with E-state index in [1.165, 1.54) is 42.5 Å². The van der Waals surface area contributed by atoms with Crippen molar-refractivity contribution in [3.05, 3.63) is 59.9 Å². The summed E-state index contributed by atoms with van der Waals surface area (Å²) >= 11 is 0. The van der Waals surface area contributed by atoms with Crippen LogP contribution in [0.4, 0.5) is 4.39 Å². The summed E-state index contributed by atoms with van der Waals surface area (Å²) in [5.74, 6) is -1.39. The Morgan fingerprint density at radius 3 is 2.33 bits per heavy atom. The molecule has 0 radical (unpaired) electrons. The van der Waals surface area contributed by atoms with Crippen molar-refractivity contribution in [3.8, 4) is 5.75 Å². The quantitative estimate of drug-likeness (QED) is 0.551. The van der Waals surface area contributed by atoms with Gasteiger partial charge in [0.25, 0.3) is 5.91 Å². The van der Waals surface area contributed by atoms with Gasteiger partial charge in [-0.25, -0.2) is 12.8 Å². The highest BCUT2D eigenvalue weighted by Crippen LogP contribution is 2.16. The number of amides is 2. The standard InChI is InChI=1S/C18H19FN2O5S/c1-27(24,25)14-10-8-13(9-11-14)26-12-4-7-17(22)20-21-18(23)15-5-2-3-6-16(15)19/h2-3,5-6,8-11H,4,7,12H2,1H3,(H,20,22)(H,21,23). The van der Waals surface area contributed by atoms with E-state index < -0.39 is 27.5 Å². The number of hydrazine groups is 1. The van der Waals surface area contributed by atoms with Crippen LogP contribution in [0.25, 0.3) is 0 Å². The van der Waals surface area contributed by atoms with Crippen LogP contribution in [-0.2, 0) is 14.6 Å². The number of ether oxygens (including phenoxy) is 1. The minimum Gasteiger partial charge on any atom is -0.494 e. The number of rotatable bonds is 7. The molecule has 0 aliphatic heterocycles. The lowest BCUT2D eigenvalue weighted by Crippen LogP contribution is -2.41. The first kappa shape index (κ1) is 20.4. The topological polar surface area (TPSA) is 102 Å². The highest BCUT2D eigenvalue weighted by atomic mass is 32.2. The van der Waals surface area contributed by atoms with Gasteiger partial charge in [-0.2, -0.15) is 0 Å². The molecule has 0 aliphatic rings. The number of sulfone groups is 1. The van der Waals surface area contributed by atoms with Gasteiger partial charge < -0.3 is 4.74 Å². The largest absolute Gasteiger partial charge is 0.494 e. The molecule has 27 heavy (non-hydrogen) atoms. The Bertz CT molecular complexity index is 914. The van der Waals surface area contributed by atoms with Crippen molar-refractivity contribution in [2.75, 3.05) is 12.9 Å². The van der Waals surface area contributed by atoms with Crippen LogP contribution in [0.5, 0.6) is 5.75 Å². The molecule has 2 aromatic carbocycles. The van der Waals surface area contributed by atoms with Crippen LogP contribution >= 0.6 is 0 Å². The minimum absolute atomic E-state index is 0.0823. The van der Waals surface area contributed by atoms with E-state index in [9.17, 15) is 22.4 Å². The molecule has 0 bridgehead atoms. The summed E-state index contributed by atoms with van der Waals surface area (Å²) in [4.78, 5) is 23.6. The molecule has 0 fully saturated rings. The zero-order valence-electron chi connectivity index (χ0n) is 14.6. The van der Waals surface area contributed by atoms with Crippen LogP contribution in [0, 0.1) is 5.82 Å². The van der Waals surface area contributed by atoms with E-state index in [4.69, 9.17) is 4.74 Å². The number of halogens is 1. The number of carbonyl (C=O) groups is 2.